The summed E-state index contributed by atoms with van der Waals surface area (Å²) in [6.45, 7) is 0.831. The van der Waals surface area contributed by atoms with Gasteiger partial charge in [-0.05, 0) is 30.8 Å². The third-order valence-corrected chi connectivity index (χ3v) is 4.37. The molecule has 0 aliphatic carbocycles. The Balaban J connectivity index is 2.02. The van der Waals surface area contributed by atoms with Crippen LogP contribution in [0.5, 0.6) is 5.75 Å². The van der Waals surface area contributed by atoms with Crippen LogP contribution in [0.1, 0.15) is 5.56 Å². The molecule has 0 unspecified atom stereocenters. The second-order valence-electron chi connectivity index (χ2n) is 4.59. The summed E-state index contributed by atoms with van der Waals surface area (Å²) in [4.78, 5) is 5.45. The molecule has 0 radical (unpaired) electrons. The van der Waals surface area contributed by atoms with Crippen LogP contribution in [0.4, 0.5) is 0 Å². The summed E-state index contributed by atoms with van der Waals surface area (Å²) in [6, 6.07) is 13.8. The van der Waals surface area contributed by atoms with E-state index in [0.717, 1.165) is 22.3 Å². The Bertz CT molecular complexity index is 736. The number of aromatic amines is 1. The number of aromatic nitrogens is 1. The van der Waals surface area contributed by atoms with Crippen molar-refractivity contribution in [3.05, 3.63) is 54.2 Å². The van der Waals surface area contributed by atoms with E-state index < -0.39 is 0 Å². The third-order valence-electron chi connectivity index (χ3n) is 3.21. The number of rotatable bonds is 4. The summed E-state index contributed by atoms with van der Waals surface area (Å²) in [5.74, 6) is 0.317. The summed E-state index contributed by atoms with van der Waals surface area (Å²) in [7, 11) is 1.94. The highest BCUT2D eigenvalue weighted by atomic mass is 32.2. The molecular formula is C16H16N2OS. The Labute approximate surface area is 122 Å². The number of phenolic OH excluding ortho intramolecular Hbond substituents is 1. The molecule has 1 heterocycles. The van der Waals surface area contributed by atoms with Crippen molar-refractivity contribution in [2.75, 3.05) is 7.05 Å². The number of benzene rings is 2. The quantitative estimate of drug-likeness (QED) is 0.684. The Hall–Kier alpha value is -1.91. The van der Waals surface area contributed by atoms with Crippen LogP contribution in [0.25, 0.3) is 10.9 Å². The zero-order valence-corrected chi connectivity index (χ0v) is 12.0. The minimum atomic E-state index is 0.317. The molecule has 0 aliphatic rings. The molecule has 0 fully saturated rings. The zero-order chi connectivity index (χ0) is 13.9. The van der Waals surface area contributed by atoms with Gasteiger partial charge in [0, 0.05) is 22.5 Å². The Morgan fingerprint density at radius 3 is 2.80 bits per heavy atom. The molecule has 102 valence electrons. The number of hydrogen-bond acceptors (Lipinski definition) is 3. The van der Waals surface area contributed by atoms with Gasteiger partial charge in [-0.25, -0.2) is 0 Å². The van der Waals surface area contributed by atoms with Crippen molar-refractivity contribution in [2.45, 2.75) is 16.3 Å². The summed E-state index contributed by atoms with van der Waals surface area (Å²) in [5, 5.41) is 14.1. The predicted molar refractivity (Wildman–Crippen MR) is 83.3 cm³/mol. The first kappa shape index (κ1) is 13.1. The van der Waals surface area contributed by atoms with E-state index in [1.807, 2.05) is 37.5 Å². The first-order valence-corrected chi connectivity index (χ1v) is 7.30. The van der Waals surface area contributed by atoms with E-state index in [1.54, 1.807) is 17.8 Å². The van der Waals surface area contributed by atoms with Crippen molar-refractivity contribution in [3.8, 4) is 5.75 Å². The van der Waals surface area contributed by atoms with Gasteiger partial charge in [-0.15, -0.1) is 0 Å². The van der Waals surface area contributed by atoms with E-state index in [2.05, 4.69) is 22.4 Å². The standard InChI is InChI=1S/C16H16N2OS/c1-17-9-11-5-2-3-8-14(11)20-15-10-18-12-6-4-7-13(19)16(12)15/h2-8,10,17-19H,9H2,1H3. The van der Waals surface area contributed by atoms with E-state index in [0.29, 0.717) is 5.75 Å². The highest BCUT2D eigenvalue weighted by Gasteiger charge is 2.11. The highest BCUT2D eigenvalue weighted by molar-refractivity contribution is 7.99. The molecule has 0 saturated heterocycles. The second-order valence-corrected chi connectivity index (χ2v) is 5.68. The van der Waals surface area contributed by atoms with Crippen molar-refractivity contribution in [1.82, 2.24) is 10.3 Å². The molecule has 3 rings (SSSR count). The minimum absolute atomic E-state index is 0.317. The second kappa shape index (κ2) is 5.61. The van der Waals surface area contributed by atoms with Gasteiger partial charge in [0.05, 0.1) is 10.9 Å². The van der Waals surface area contributed by atoms with Crippen molar-refractivity contribution in [3.63, 3.8) is 0 Å². The summed E-state index contributed by atoms with van der Waals surface area (Å²) < 4.78 is 0. The molecule has 4 heteroatoms. The van der Waals surface area contributed by atoms with Gasteiger partial charge >= 0.3 is 0 Å². The van der Waals surface area contributed by atoms with Gasteiger partial charge in [0.15, 0.2) is 0 Å². The molecule has 2 aromatic carbocycles. The fraction of sp³-hybridized carbons (Fsp3) is 0.125. The van der Waals surface area contributed by atoms with E-state index in [-0.39, 0.29) is 0 Å². The van der Waals surface area contributed by atoms with E-state index in [4.69, 9.17) is 0 Å². The molecule has 3 N–H and O–H groups in total. The van der Waals surface area contributed by atoms with Crippen LogP contribution in [0.2, 0.25) is 0 Å². The van der Waals surface area contributed by atoms with Crippen LogP contribution in [0.15, 0.2) is 58.5 Å². The fourth-order valence-electron chi connectivity index (χ4n) is 2.27. The van der Waals surface area contributed by atoms with Gasteiger partial charge in [0.1, 0.15) is 5.75 Å². The largest absolute Gasteiger partial charge is 0.507 e. The van der Waals surface area contributed by atoms with Crippen LogP contribution < -0.4 is 5.32 Å². The normalized spacial score (nSPS) is 11.1. The number of H-pyrrole nitrogens is 1. The van der Waals surface area contributed by atoms with Crippen LogP contribution >= 0.6 is 11.8 Å². The lowest BCUT2D eigenvalue weighted by molar-refractivity contribution is 0.481. The molecule has 0 saturated carbocycles. The van der Waals surface area contributed by atoms with Crippen molar-refractivity contribution in [1.29, 1.82) is 0 Å². The molecule has 20 heavy (non-hydrogen) atoms. The van der Waals surface area contributed by atoms with Crippen LogP contribution in [-0.4, -0.2) is 17.1 Å². The van der Waals surface area contributed by atoms with Gasteiger partial charge in [0.2, 0.25) is 0 Å². The van der Waals surface area contributed by atoms with E-state index in [1.165, 1.54) is 10.5 Å². The number of nitrogens with one attached hydrogen (secondary N) is 2. The number of fused-ring (bicyclic) bond motifs is 1. The topological polar surface area (TPSA) is 48.0 Å². The maximum absolute atomic E-state index is 10.0. The van der Waals surface area contributed by atoms with Gasteiger partial charge in [0.25, 0.3) is 0 Å². The highest BCUT2D eigenvalue weighted by Crippen LogP contribution is 2.38. The molecule has 0 atom stereocenters. The zero-order valence-electron chi connectivity index (χ0n) is 11.2. The van der Waals surface area contributed by atoms with Crippen LogP contribution in [0, 0.1) is 0 Å². The molecule has 0 spiro atoms. The maximum Gasteiger partial charge on any atom is 0.126 e. The maximum atomic E-state index is 10.0. The van der Waals surface area contributed by atoms with Crippen LogP contribution in [-0.2, 0) is 6.54 Å². The van der Waals surface area contributed by atoms with E-state index >= 15 is 0 Å². The summed E-state index contributed by atoms with van der Waals surface area (Å²) >= 11 is 1.67. The van der Waals surface area contributed by atoms with Gasteiger partial charge in [-0.3, -0.25) is 0 Å². The van der Waals surface area contributed by atoms with Crippen LogP contribution in [0.3, 0.4) is 0 Å². The number of hydrogen-bond donors (Lipinski definition) is 3. The molecule has 3 aromatic rings. The fourth-order valence-corrected chi connectivity index (χ4v) is 3.36. The smallest absolute Gasteiger partial charge is 0.126 e. The Morgan fingerprint density at radius 2 is 1.95 bits per heavy atom. The molecular weight excluding hydrogens is 268 g/mol. The lowest BCUT2D eigenvalue weighted by Gasteiger charge is -2.08. The number of phenols is 1. The average molecular weight is 284 g/mol. The lowest BCUT2D eigenvalue weighted by Crippen LogP contribution is -2.05. The average Bonchev–Trinajstić information content (AvgIpc) is 2.86. The van der Waals surface area contributed by atoms with E-state index in [9.17, 15) is 5.11 Å². The molecule has 3 nitrogen and oxygen atoms in total. The van der Waals surface area contributed by atoms with Crippen molar-refractivity contribution < 1.29 is 5.11 Å². The minimum Gasteiger partial charge on any atom is -0.507 e. The first-order chi connectivity index (χ1) is 9.79. The SMILES string of the molecule is CNCc1ccccc1Sc1c[nH]c2cccc(O)c12. The first-order valence-electron chi connectivity index (χ1n) is 6.49. The summed E-state index contributed by atoms with van der Waals surface area (Å²) in [6.07, 6.45) is 1.95. The van der Waals surface area contributed by atoms with Gasteiger partial charge in [-0.1, -0.05) is 36.0 Å². The Kier molecular flexibility index (Phi) is 3.67. The number of aromatic hydroxyl groups is 1. The summed E-state index contributed by atoms with van der Waals surface area (Å²) in [5.41, 5.74) is 2.21. The van der Waals surface area contributed by atoms with Crippen molar-refractivity contribution in [2.24, 2.45) is 0 Å². The Morgan fingerprint density at radius 1 is 1.10 bits per heavy atom. The molecule has 1 aromatic heterocycles. The molecule has 0 amide bonds. The predicted octanol–water partition coefficient (Wildman–Crippen LogP) is 3.74. The van der Waals surface area contributed by atoms with Gasteiger partial charge in [-0.2, -0.15) is 0 Å². The lowest BCUT2D eigenvalue weighted by atomic mass is 10.2. The monoisotopic (exact) mass is 284 g/mol. The third kappa shape index (κ3) is 2.40. The van der Waals surface area contributed by atoms with Crippen molar-refractivity contribution >= 4 is 22.7 Å². The van der Waals surface area contributed by atoms with Gasteiger partial charge < -0.3 is 15.4 Å². The molecule has 0 aliphatic heterocycles. The molecule has 0 bridgehead atoms.